The van der Waals surface area contributed by atoms with E-state index in [1.54, 1.807) is 23.1 Å². The first-order chi connectivity index (χ1) is 8.50. The van der Waals surface area contributed by atoms with Crippen LogP contribution in [0.15, 0.2) is 22.7 Å². The van der Waals surface area contributed by atoms with Crippen LogP contribution in [-0.2, 0) is 4.74 Å². The molecule has 2 unspecified atom stereocenters. The Morgan fingerprint density at radius 3 is 2.83 bits per heavy atom. The lowest BCUT2D eigenvalue weighted by Crippen LogP contribution is -2.41. The van der Waals surface area contributed by atoms with Crippen LogP contribution in [0.4, 0.5) is 5.69 Å². The second-order valence-corrected chi connectivity index (χ2v) is 5.44. The van der Waals surface area contributed by atoms with Crippen molar-refractivity contribution in [3.8, 4) is 0 Å². The molecule has 2 atom stereocenters. The fourth-order valence-electron chi connectivity index (χ4n) is 2.24. The molecule has 0 radical (unpaired) electrons. The Kier molecular flexibility index (Phi) is 3.92. The number of anilines is 1. The Morgan fingerprint density at radius 1 is 1.56 bits per heavy atom. The number of amides is 1. The smallest absolute Gasteiger partial charge is 0.253 e. The first-order valence-corrected chi connectivity index (χ1v) is 6.74. The minimum absolute atomic E-state index is 0.00181. The number of hydrogen-bond donors (Lipinski definition) is 1. The molecule has 1 amide bonds. The third-order valence-corrected chi connectivity index (χ3v) is 4.09. The molecule has 0 saturated carbocycles. The molecule has 1 aromatic carbocycles. The van der Waals surface area contributed by atoms with Crippen LogP contribution in [0.25, 0.3) is 0 Å². The zero-order valence-electron chi connectivity index (χ0n) is 10.5. The van der Waals surface area contributed by atoms with Gasteiger partial charge in [-0.3, -0.25) is 4.79 Å². The predicted molar refractivity (Wildman–Crippen MR) is 74.5 cm³/mol. The maximum Gasteiger partial charge on any atom is 0.253 e. The summed E-state index contributed by atoms with van der Waals surface area (Å²) in [5.74, 6) is -0.00181. The third kappa shape index (κ3) is 2.52. The number of hydrogen-bond acceptors (Lipinski definition) is 3. The lowest BCUT2D eigenvalue weighted by molar-refractivity contribution is 0.0574. The summed E-state index contributed by atoms with van der Waals surface area (Å²) in [7, 11) is 1.82. The number of ether oxygens (including phenoxy) is 1. The summed E-state index contributed by atoms with van der Waals surface area (Å²) in [6.45, 7) is 2.72. The van der Waals surface area contributed by atoms with E-state index in [4.69, 9.17) is 10.5 Å². The molecular formula is C13H17BrN2O2. The highest BCUT2D eigenvalue weighted by atomic mass is 79.9. The minimum Gasteiger partial charge on any atom is -0.398 e. The average molecular weight is 313 g/mol. The monoisotopic (exact) mass is 312 g/mol. The molecule has 1 aromatic rings. The van der Waals surface area contributed by atoms with Crippen LogP contribution < -0.4 is 5.73 Å². The summed E-state index contributed by atoms with van der Waals surface area (Å²) in [5.41, 5.74) is 6.99. The van der Waals surface area contributed by atoms with Gasteiger partial charge in [-0.1, -0.05) is 0 Å². The molecule has 4 nitrogen and oxygen atoms in total. The van der Waals surface area contributed by atoms with Crippen LogP contribution in [0.1, 0.15) is 23.7 Å². The highest BCUT2D eigenvalue weighted by Gasteiger charge is 2.31. The minimum atomic E-state index is -0.00181. The quantitative estimate of drug-likeness (QED) is 0.852. The fourth-order valence-corrected chi connectivity index (χ4v) is 2.62. The van der Waals surface area contributed by atoms with Crippen molar-refractivity contribution < 1.29 is 9.53 Å². The number of carbonyl (C=O) groups is 1. The van der Waals surface area contributed by atoms with Gasteiger partial charge in [0.25, 0.3) is 5.91 Å². The number of rotatable bonds is 2. The van der Waals surface area contributed by atoms with Crippen molar-refractivity contribution in [2.24, 2.45) is 0 Å². The largest absolute Gasteiger partial charge is 0.398 e. The molecule has 1 aliphatic heterocycles. The number of nitrogen functional groups attached to an aromatic ring is 1. The first-order valence-electron chi connectivity index (χ1n) is 5.94. The first kappa shape index (κ1) is 13.4. The Balaban J connectivity index is 2.17. The zero-order chi connectivity index (χ0) is 13.3. The summed E-state index contributed by atoms with van der Waals surface area (Å²) >= 11 is 3.34. The zero-order valence-corrected chi connectivity index (χ0v) is 12.1. The van der Waals surface area contributed by atoms with Crippen molar-refractivity contribution in [1.82, 2.24) is 4.90 Å². The van der Waals surface area contributed by atoms with Crippen molar-refractivity contribution in [1.29, 1.82) is 0 Å². The Bertz CT molecular complexity index is 464. The van der Waals surface area contributed by atoms with Gasteiger partial charge in [0.2, 0.25) is 0 Å². The van der Waals surface area contributed by atoms with Gasteiger partial charge in [-0.25, -0.2) is 0 Å². The second kappa shape index (κ2) is 5.28. The van der Waals surface area contributed by atoms with Crippen LogP contribution in [0.3, 0.4) is 0 Å². The maximum absolute atomic E-state index is 12.3. The van der Waals surface area contributed by atoms with E-state index < -0.39 is 0 Å². The van der Waals surface area contributed by atoms with Crippen LogP contribution >= 0.6 is 15.9 Å². The fraction of sp³-hybridized carbons (Fsp3) is 0.462. The molecule has 98 valence electrons. The molecular weight excluding hydrogens is 296 g/mol. The summed E-state index contributed by atoms with van der Waals surface area (Å²) in [4.78, 5) is 14.1. The summed E-state index contributed by atoms with van der Waals surface area (Å²) < 4.78 is 6.24. The molecule has 18 heavy (non-hydrogen) atoms. The van der Waals surface area contributed by atoms with E-state index >= 15 is 0 Å². The SMILES string of the molecule is CC1OCCC1N(C)C(=O)c1ccc(N)c(Br)c1. The molecule has 0 spiro atoms. The van der Waals surface area contributed by atoms with Crippen molar-refractivity contribution in [2.75, 3.05) is 19.4 Å². The summed E-state index contributed by atoms with van der Waals surface area (Å²) in [5, 5.41) is 0. The highest BCUT2D eigenvalue weighted by Crippen LogP contribution is 2.24. The molecule has 2 rings (SSSR count). The Morgan fingerprint density at radius 2 is 2.28 bits per heavy atom. The Labute approximate surface area is 115 Å². The molecule has 1 aliphatic rings. The van der Waals surface area contributed by atoms with Gasteiger partial charge >= 0.3 is 0 Å². The molecule has 5 heteroatoms. The number of nitrogens with zero attached hydrogens (tertiary/aromatic N) is 1. The average Bonchev–Trinajstić information content (AvgIpc) is 2.77. The van der Waals surface area contributed by atoms with Crippen LogP contribution in [-0.4, -0.2) is 36.6 Å². The predicted octanol–water partition coefficient (Wildman–Crippen LogP) is 2.28. The third-order valence-electron chi connectivity index (χ3n) is 3.40. The summed E-state index contributed by atoms with van der Waals surface area (Å²) in [6, 6.07) is 5.39. The van der Waals surface area contributed by atoms with Crippen LogP contribution in [0.2, 0.25) is 0 Å². The van der Waals surface area contributed by atoms with E-state index in [9.17, 15) is 4.79 Å². The van der Waals surface area contributed by atoms with Crippen molar-refractivity contribution in [3.63, 3.8) is 0 Å². The van der Waals surface area contributed by atoms with Crippen molar-refractivity contribution in [2.45, 2.75) is 25.5 Å². The van der Waals surface area contributed by atoms with E-state index in [2.05, 4.69) is 15.9 Å². The lowest BCUT2D eigenvalue weighted by Gasteiger charge is -2.27. The van der Waals surface area contributed by atoms with Gasteiger partial charge in [-0.2, -0.15) is 0 Å². The number of benzene rings is 1. The van der Waals surface area contributed by atoms with E-state index in [0.717, 1.165) is 17.5 Å². The van der Waals surface area contributed by atoms with Gasteiger partial charge in [0.15, 0.2) is 0 Å². The van der Waals surface area contributed by atoms with Gasteiger partial charge in [-0.05, 0) is 47.5 Å². The lowest BCUT2D eigenvalue weighted by atomic mass is 10.1. The van der Waals surface area contributed by atoms with Gasteiger partial charge in [0.05, 0.1) is 12.1 Å². The molecule has 0 aromatic heterocycles. The molecule has 0 bridgehead atoms. The van der Waals surface area contributed by atoms with Gasteiger partial charge < -0.3 is 15.4 Å². The van der Waals surface area contributed by atoms with Gasteiger partial charge in [-0.15, -0.1) is 0 Å². The van der Waals surface area contributed by atoms with Crippen LogP contribution in [0.5, 0.6) is 0 Å². The Hall–Kier alpha value is -1.07. The number of carbonyl (C=O) groups excluding carboxylic acids is 1. The second-order valence-electron chi connectivity index (χ2n) is 4.58. The number of halogens is 1. The molecule has 1 fully saturated rings. The van der Waals surface area contributed by atoms with Crippen LogP contribution in [0, 0.1) is 0 Å². The topological polar surface area (TPSA) is 55.6 Å². The molecule has 2 N–H and O–H groups in total. The number of nitrogens with two attached hydrogens (primary N) is 1. The van der Waals surface area contributed by atoms with Gasteiger partial charge in [0.1, 0.15) is 0 Å². The number of likely N-dealkylation sites (N-methyl/N-ethyl adjacent to an activating group) is 1. The molecule has 0 aliphatic carbocycles. The highest BCUT2D eigenvalue weighted by molar-refractivity contribution is 9.10. The normalized spacial score (nSPS) is 23.1. The van der Waals surface area contributed by atoms with Crippen molar-refractivity contribution >= 4 is 27.5 Å². The molecule has 1 heterocycles. The van der Waals surface area contributed by atoms with E-state index in [1.807, 2.05) is 14.0 Å². The van der Waals surface area contributed by atoms with E-state index in [-0.39, 0.29) is 18.1 Å². The van der Waals surface area contributed by atoms with E-state index in [0.29, 0.717) is 11.3 Å². The maximum atomic E-state index is 12.3. The summed E-state index contributed by atoms with van der Waals surface area (Å²) in [6.07, 6.45) is 0.982. The van der Waals surface area contributed by atoms with E-state index in [1.165, 1.54) is 0 Å². The van der Waals surface area contributed by atoms with Crippen molar-refractivity contribution in [3.05, 3.63) is 28.2 Å². The van der Waals surface area contributed by atoms with Gasteiger partial charge in [0, 0.05) is 29.4 Å². The molecule has 1 saturated heterocycles. The standard InChI is InChI=1S/C13H17BrN2O2/c1-8-12(5-6-18-8)16(2)13(17)9-3-4-11(15)10(14)7-9/h3-4,7-8,12H,5-6,15H2,1-2H3.